The number of anilines is 1. The summed E-state index contributed by atoms with van der Waals surface area (Å²) in [5, 5.41) is 21.9. The van der Waals surface area contributed by atoms with E-state index in [-0.39, 0.29) is 5.43 Å². The summed E-state index contributed by atoms with van der Waals surface area (Å²) in [4.78, 5) is 17.2. The number of para-hydroxylation sites is 1. The van der Waals surface area contributed by atoms with Crippen molar-refractivity contribution in [3.05, 3.63) is 109 Å². The minimum Gasteiger partial charge on any atom is -0.440 e. The molecule has 6 aromatic rings. The normalized spacial score (nSPS) is 11.3. The average Bonchev–Trinajstić information content (AvgIpc) is 3.70. The van der Waals surface area contributed by atoms with Crippen LogP contribution in [0, 0.1) is 0 Å². The Morgan fingerprint density at radius 3 is 2.00 bits per heavy atom. The molecule has 0 amide bonds. The van der Waals surface area contributed by atoms with E-state index in [0.717, 1.165) is 11.4 Å². The van der Waals surface area contributed by atoms with Gasteiger partial charge in [-0.05, 0) is 35.0 Å². The van der Waals surface area contributed by atoms with Crippen LogP contribution in [0.2, 0.25) is 0 Å². The van der Waals surface area contributed by atoms with Crippen LogP contribution in [0.25, 0.3) is 11.0 Å². The Bertz CT molecular complexity index is 1560. The topological polar surface area (TPSA) is 94.9 Å². The van der Waals surface area contributed by atoms with Crippen LogP contribution in [-0.4, -0.2) is 30.0 Å². The number of rotatable bonds is 9. The molecule has 5 aromatic heterocycles. The Hall–Kier alpha value is -4.09. The third-order valence-electron chi connectivity index (χ3n) is 5.61. The zero-order valence-electron chi connectivity index (χ0n) is 19.1. The summed E-state index contributed by atoms with van der Waals surface area (Å²) >= 11 is 3.36. The monoisotopic (exact) mass is 515 g/mol. The Balaban J connectivity index is 1.28. The van der Waals surface area contributed by atoms with Gasteiger partial charge in [-0.1, -0.05) is 34.7 Å². The molecule has 9 nitrogen and oxygen atoms in total. The summed E-state index contributed by atoms with van der Waals surface area (Å²) in [7, 11) is 0. The maximum Gasteiger partial charge on any atom is 0.200 e. The first kappa shape index (κ1) is 22.4. The zero-order valence-corrected chi connectivity index (χ0v) is 20.7. The minimum atomic E-state index is -0.0976. The first-order valence-electron chi connectivity index (χ1n) is 11.3. The molecule has 0 aliphatic rings. The molecule has 0 radical (unpaired) electrons. The van der Waals surface area contributed by atoms with E-state index in [0.29, 0.717) is 43.0 Å². The molecule has 0 unspecified atom stereocenters. The van der Waals surface area contributed by atoms with Crippen molar-refractivity contribution in [2.45, 2.75) is 26.2 Å². The summed E-state index contributed by atoms with van der Waals surface area (Å²) < 4.78 is 9.78. The molecule has 0 atom stereocenters. The highest BCUT2D eigenvalue weighted by Crippen LogP contribution is 2.22. The van der Waals surface area contributed by atoms with Gasteiger partial charge in [0.25, 0.3) is 0 Å². The fourth-order valence-corrected chi connectivity index (χ4v) is 5.34. The first-order valence-corrected chi connectivity index (χ1v) is 13.1. The van der Waals surface area contributed by atoms with Gasteiger partial charge in [0.05, 0.1) is 44.0 Å². The average molecular weight is 516 g/mol. The molecule has 5 heterocycles. The van der Waals surface area contributed by atoms with Gasteiger partial charge in [0.15, 0.2) is 5.43 Å². The lowest BCUT2D eigenvalue weighted by Crippen LogP contribution is -2.24. The molecule has 11 heteroatoms. The van der Waals surface area contributed by atoms with Crippen LogP contribution in [0.5, 0.6) is 0 Å². The maximum atomic E-state index is 12.8. The van der Waals surface area contributed by atoms with E-state index in [2.05, 4.69) is 32.8 Å². The molecule has 1 aromatic carbocycles. The van der Waals surface area contributed by atoms with E-state index >= 15 is 0 Å². The number of hydrogen-bond donors (Lipinski definition) is 0. The van der Waals surface area contributed by atoms with Gasteiger partial charge in [0.2, 0.25) is 5.88 Å². The number of benzene rings is 1. The summed E-state index contributed by atoms with van der Waals surface area (Å²) in [6, 6.07) is 17.0. The van der Waals surface area contributed by atoms with Gasteiger partial charge in [-0.25, -0.2) is 9.36 Å². The summed E-state index contributed by atoms with van der Waals surface area (Å²) in [5.74, 6) is 0.444. The van der Waals surface area contributed by atoms with Crippen molar-refractivity contribution >= 4 is 39.5 Å². The lowest BCUT2D eigenvalue weighted by molar-refractivity contribution is 0.561. The molecule has 0 aliphatic carbocycles. The Morgan fingerprint density at radius 1 is 0.806 bits per heavy atom. The quantitative estimate of drug-likeness (QED) is 0.282. The molecule has 36 heavy (non-hydrogen) atoms. The highest BCUT2D eigenvalue weighted by molar-refractivity contribution is 7.10. The molecular formula is C25H21N7O2S2. The lowest BCUT2D eigenvalue weighted by Gasteiger charge is -2.21. The van der Waals surface area contributed by atoms with Crippen molar-refractivity contribution in [1.29, 1.82) is 0 Å². The van der Waals surface area contributed by atoms with Crippen LogP contribution in [0.4, 0.5) is 5.88 Å². The standard InChI is InChI=1S/C25H21N7O2S2/c33-23-11-25(34-24-8-2-1-7-22(23)24)30(12-18-14-31(28-26-18)16-20-5-3-9-35-20)13-19-15-32(29-27-19)17-21-6-4-10-36-21/h1-11,14-15H,12-13,16-17H2. The number of hydrogen-bond acceptors (Lipinski definition) is 9. The van der Waals surface area contributed by atoms with Crippen molar-refractivity contribution in [2.24, 2.45) is 0 Å². The molecule has 0 saturated heterocycles. The maximum absolute atomic E-state index is 12.8. The highest BCUT2D eigenvalue weighted by Gasteiger charge is 2.17. The molecule has 0 fully saturated rings. The minimum absolute atomic E-state index is 0.0976. The van der Waals surface area contributed by atoms with Crippen molar-refractivity contribution in [3.8, 4) is 0 Å². The molecular weight excluding hydrogens is 494 g/mol. The van der Waals surface area contributed by atoms with Crippen molar-refractivity contribution in [1.82, 2.24) is 30.0 Å². The van der Waals surface area contributed by atoms with Crippen LogP contribution in [0.1, 0.15) is 21.1 Å². The van der Waals surface area contributed by atoms with E-state index < -0.39 is 0 Å². The summed E-state index contributed by atoms with van der Waals surface area (Å²) in [5.41, 5.74) is 1.95. The second-order valence-corrected chi connectivity index (χ2v) is 10.3. The van der Waals surface area contributed by atoms with E-state index in [1.807, 2.05) is 61.7 Å². The first-order chi connectivity index (χ1) is 17.7. The number of thiophene rings is 2. The molecule has 0 N–H and O–H groups in total. The van der Waals surface area contributed by atoms with Gasteiger partial charge < -0.3 is 9.32 Å². The lowest BCUT2D eigenvalue weighted by atomic mass is 10.2. The SMILES string of the molecule is O=c1cc(N(Cc2cn(Cc3cccs3)nn2)Cc2cn(Cc3cccs3)nn2)oc2ccccc12. The largest absolute Gasteiger partial charge is 0.440 e. The van der Waals surface area contributed by atoms with Crippen molar-refractivity contribution in [2.75, 3.05) is 4.90 Å². The predicted molar refractivity (Wildman–Crippen MR) is 139 cm³/mol. The smallest absolute Gasteiger partial charge is 0.200 e. The van der Waals surface area contributed by atoms with E-state index in [9.17, 15) is 4.79 Å². The van der Waals surface area contributed by atoms with Crippen LogP contribution >= 0.6 is 22.7 Å². The molecule has 180 valence electrons. The van der Waals surface area contributed by atoms with Crippen LogP contribution in [0.3, 0.4) is 0 Å². The van der Waals surface area contributed by atoms with Gasteiger partial charge in [-0.2, -0.15) is 0 Å². The third-order valence-corrected chi connectivity index (χ3v) is 7.33. The Labute approximate surface area is 213 Å². The Kier molecular flexibility index (Phi) is 6.14. The second-order valence-electron chi connectivity index (χ2n) is 8.27. The van der Waals surface area contributed by atoms with Gasteiger partial charge >= 0.3 is 0 Å². The Morgan fingerprint density at radius 2 is 1.42 bits per heavy atom. The van der Waals surface area contributed by atoms with Gasteiger partial charge in [0, 0.05) is 15.8 Å². The summed E-state index contributed by atoms with van der Waals surface area (Å²) in [6.07, 6.45) is 3.83. The van der Waals surface area contributed by atoms with Crippen LogP contribution < -0.4 is 10.3 Å². The van der Waals surface area contributed by atoms with Gasteiger partial charge in [-0.3, -0.25) is 4.79 Å². The van der Waals surface area contributed by atoms with E-state index in [1.165, 1.54) is 15.8 Å². The second kappa shape index (κ2) is 9.88. The van der Waals surface area contributed by atoms with Gasteiger partial charge in [0.1, 0.15) is 17.0 Å². The molecule has 0 spiro atoms. The van der Waals surface area contributed by atoms with E-state index in [4.69, 9.17) is 4.42 Å². The van der Waals surface area contributed by atoms with Gasteiger partial charge in [-0.15, -0.1) is 32.9 Å². The highest BCUT2D eigenvalue weighted by atomic mass is 32.1. The van der Waals surface area contributed by atoms with E-state index in [1.54, 1.807) is 34.8 Å². The zero-order chi connectivity index (χ0) is 24.3. The molecule has 0 saturated carbocycles. The fraction of sp³-hybridized carbons (Fsp3) is 0.160. The van der Waals surface area contributed by atoms with Crippen molar-refractivity contribution < 1.29 is 4.42 Å². The summed E-state index contributed by atoms with van der Waals surface area (Å²) in [6.45, 7) is 2.10. The predicted octanol–water partition coefficient (Wildman–Crippen LogP) is 4.40. The van der Waals surface area contributed by atoms with Crippen LogP contribution in [-0.2, 0) is 26.2 Å². The van der Waals surface area contributed by atoms with Crippen molar-refractivity contribution in [3.63, 3.8) is 0 Å². The van der Waals surface area contributed by atoms with Crippen LogP contribution in [0.15, 0.2) is 87.0 Å². The fourth-order valence-electron chi connectivity index (χ4n) is 3.95. The third kappa shape index (κ3) is 4.97. The number of aromatic nitrogens is 6. The number of fused-ring (bicyclic) bond motifs is 1. The molecule has 0 bridgehead atoms. The molecule has 0 aliphatic heterocycles. The molecule has 6 rings (SSSR count). The number of nitrogens with zero attached hydrogens (tertiary/aromatic N) is 7.